The summed E-state index contributed by atoms with van der Waals surface area (Å²) in [6, 6.07) is 5.06. The molecule has 0 saturated heterocycles. The highest BCUT2D eigenvalue weighted by molar-refractivity contribution is 6.42. The molecular formula is C11H11Cl2N3. The quantitative estimate of drug-likeness (QED) is 0.897. The third-order valence-electron chi connectivity index (χ3n) is 2.36. The second-order valence-electron chi connectivity index (χ2n) is 3.58. The van der Waals surface area contributed by atoms with Crippen molar-refractivity contribution in [3.05, 3.63) is 52.0 Å². The molecule has 0 aliphatic rings. The summed E-state index contributed by atoms with van der Waals surface area (Å²) in [5.74, 6) is 0. The zero-order valence-electron chi connectivity index (χ0n) is 8.69. The van der Waals surface area contributed by atoms with E-state index in [1.807, 2.05) is 29.9 Å². The number of nitrogens with zero attached hydrogens (tertiary/aromatic N) is 2. The molecule has 0 aliphatic carbocycles. The Balaban J connectivity index is 2.41. The van der Waals surface area contributed by atoms with E-state index in [4.69, 9.17) is 28.9 Å². The highest BCUT2D eigenvalue weighted by atomic mass is 35.5. The van der Waals surface area contributed by atoms with Gasteiger partial charge in [0.25, 0.3) is 0 Å². The van der Waals surface area contributed by atoms with Crippen LogP contribution >= 0.6 is 23.2 Å². The highest BCUT2D eigenvalue weighted by Gasteiger charge is 2.15. The number of hydrogen-bond donors (Lipinski definition) is 1. The number of imidazole rings is 1. The first-order valence-electron chi connectivity index (χ1n) is 4.77. The van der Waals surface area contributed by atoms with Gasteiger partial charge in [-0.25, -0.2) is 4.98 Å². The minimum atomic E-state index is -0.354. The number of benzene rings is 1. The first-order valence-corrected chi connectivity index (χ1v) is 5.52. The minimum absolute atomic E-state index is 0.354. The number of aromatic nitrogens is 2. The molecule has 2 rings (SSSR count). The van der Waals surface area contributed by atoms with Gasteiger partial charge in [0.05, 0.1) is 28.1 Å². The van der Waals surface area contributed by atoms with Gasteiger partial charge in [0.15, 0.2) is 0 Å². The summed E-state index contributed by atoms with van der Waals surface area (Å²) in [6.45, 7) is 0. The second kappa shape index (κ2) is 4.45. The van der Waals surface area contributed by atoms with Crippen LogP contribution in [0.25, 0.3) is 0 Å². The lowest BCUT2D eigenvalue weighted by Crippen LogP contribution is -2.12. The van der Waals surface area contributed by atoms with E-state index in [0.29, 0.717) is 10.0 Å². The van der Waals surface area contributed by atoms with Crippen LogP contribution in [0.2, 0.25) is 10.0 Å². The first-order chi connectivity index (χ1) is 7.59. The minimum Gasteiger partial charge on any atom is -0.340 e. The zero-order chi connectivity index (χ0) is 11.7. The molecule has 2 aromatic rings. The van der Waals surface area contributed by atoms with E-state index in [-0.39, 0.29) is 6.04 Å². The molecule has 1 aromatic heterocycles. The standard InChI is InChI=1S/C11H11Cl2N3/c1-16-5-9(15-6-16)11(14)7-3-2-4-8(12)10(7)13/h2-6,11H,14H2,1H3. The van der Waals surface area contributed by atoms with Crippen LogP contribution in [-0.2, 0) is 7.05 Å². The largest absolute Gasteiger partial charge is 0.340 e. The van der Waals surface area contributed by atoms with Gasteiger partial charge in [-0.15, -0.1) is 0 Å². The fraction of sp³-hybridized carbons (Fsp3) is 0.182. The van der Waals surface area contributed by atoms with E-state index >= 15 is 0 Å². The van der Waals surface area contributed by atoms with E-state index in [9.17, 15) is 0 Å². The predicted octanol–water partition coefficient (Wildman–Crippen LogP) is 2.78. The maximum atomic E-state index is 6.10. The van der Waals surface area contributed by atoms with Crippen LogP contribution in [0.4, 0.5) is 0 Å². The molecule has 0 aliphatic heterocycles. The summed E-state index contributed by atoms with van der Waals surface area (Å²) in [5.41, 5.74) is 7.64. The summed E-state index contributed by atoms with van der Waals surface area (Å²) in [5, 5.41) is 0.993. The van der Waals surface area contributed by atoms with Crippen LogP contribution in [0, 0.1) is 0 Å². The average Bonchev–Trinajstić information content (AvgIpc) is 2.68. The van der Waals surface area contributed by atoms with Gasteiger partial charge >= 0.3 is 0 Å². The van der Waals surface area contributed by atoms with Crippen molar-refractivity contribution in [3.63, 3.8) is 0 Å². The molecule has 2 N–H and O–H groups in total. The first kappa shape index (κ1) is 11.5. The summed E-state index contributed by atoms with van der Waals surface area (Å²) in [4.78, 5) is 4.20. The Morgan fingerprint density at radius 1 is 1.38 bits per heavy atom. The van der Waals surface area contributed by atoms with E-state index in [0.717, 1.165) is 11.3 Å². The van der Waals surface area contributed by atoms with E-state index in [1.54, 1.807) is 12.4 Å². The van der Waals surface area contributed by atoms with Gasteiger partial charge in [-0.1, -0.05) is 35.3 Å². The Morgan fingerprint density at radius 3 is 2.75 bits per heavy atom. The summed E-state index contributed by atoms with van der Waals surface area (Å²) in [6.07, 6.45) is 3.57. The molecule has 1 unspecified atom stereocenters. The Labute approximate surface area is 104 Å². The Bertz CT molecular complexity index is 508. The third kappa shape index (κ3) is 2.07. The summed E-state index contributed by atoms with van der Waals surface area (Å²) < 4.78 is 1.84. The highest BCUT2D eigenvalue weighted by Crippen LogP contribution is 2.31. The van der Waals surface area contributed by atoms with E-state index in [2.05, 4.69) is 4.98 Å². The maximum Gasteiger partial charge on any atom is 0.0947 e. The van der Waals surface area contributed by atoms with Crippen molar-refractivity contribution in [1.29, 1.82) is 0 Å². The third-order valence-corrected chi connectivity index (χ3v) is 3.19. The number of nitrogens with two attached hydrogens (primary N) is 1. The molecule has 0 spiro atoms. The molecule has 1 atom stereocenters. The van der Waals surface area contributed by atoms with Crippen LogP contribution in [0.3, 0.4) is 0 Å². The molecule has 0 amide bonds. The van der Waals surface area contributed by atoms with E-state index in [1.165, 1.54) is 0 Å². The molecular weight excluding hydrogens is 245 g/mol. The zero-order valence-corrected chi connectivity index (χ0v) is 10.2. The molecule has 0 fully saturated rings. The Kier molecular flexibility index (Phi) is 3.19. The van der Waals surface area contributed by atoms with Crippen molar-refractivity contribution < 1.29 is 0 Å². The molecule has 0 radical (unpaired) electrons. The van der Waals surface area contributed by atoms with Crippen molar-refractivity contribution in [2.45, 2.75) is 6.04 Å². The smallest absolute Gasteiger partial charge is 0.0947 e. The van der Waals surface area contributed by atoms with Crippen LogP contribution in [0.5, 0.6) is 0 Å². The lowest BCUT2D eigenvalue weighted by Gasteiger charge is -2.11. The molecule has 1 aromatic carbocycles. The van der Waals surface area contributed by atoms with Gasteiger partial charge < -0.3 is 10.3 Å². The monoisotopic (exact) mass is 255 g/mol. The normalized spacial score (nSPS) is 12.8. The van der Waals surface area contributed by atoms with Crippen molar-refractivity contribution in [3.8, 4) is 0 Å². The number of halogens is 2. The molecule has 5 heteroatoms. The van der Waals surface area contributed by atoms with Crippen molar-refractivity contribution in [2.75, 3.05) is 0 Å². The van der Waals surface area contributed by atoms with Crippen LogP contribution in [0.1, 0.15) is 17.3 Å². The lowest BCUT2D eigenvalue weighted by molar-refractivity contribution is 0.835. The molecule has 84 valence electrons. The molecule has 0 saturated carbocycles. The van der Waals surface area contributed by atoms with Gasteiger partial charge in [-0.05, 0) is 11.6 Å². The summed E-state index contributed by atoms with van der Waals surface area (Å²) >= 11 is 12.0. The van der Waals surface area contributed by atoms with Gasteiger partial charge in [-0.2, -0.15) is 0 Å². The van der Waals surface area contributed by atoms with Gasteiger partial charge in [0.2, 0.25) is 0 Å². The Hall–Kier alpha value is -1.03. The van der Waals surface area contributed by atoms with E-state index < -0.39 is 0 Å². The van der Waals surface area contributed by atoms with Crippen LogP contribution in [-0.4, -0.2) is 9.55 Å². The molecule has 3 nitrogen and oxygen atoms in total. The van der Waals surface area contributed by atoms with Crippen molar-refractivity contribution in [2.24, 2.45) is 12.8 Å². The number of hydrogen-bond acceptors (Lipinski definition) is 2. The molecule has 0 bridgehead atoms. The maximum absolute atomic E-state index is 6.10. The molecule has 16 heavy (non-hydrogen) atoms. The Morgan fingerprint density at radius 2 is 2.12 bits per heavy atom. The number of rotatable bonds is 2. The fourth-order valence-corrected chi connectivity index (χ4v) is 1.94. The average molecular weight is 256 g/mol. The van der Waals surface area contributed by atoms with Crippen LogP contribution in [0.15, 0.2) is 30.7 Å². The number of aryl methyl sites for hydroxylation is 1. The SMILES string of the molecule is Cn1cnc(C(N)c2cccc(Cl)c2Cl)c1. The van der Waals surface area contributed by atoms with Gasteiger partial charge in [0.1, 0.15) is 0 Å². The fourth-order valence-electron chi connectivity index (χ4n) is 1.51. The lowest BCUT2D eigenvalue weighted by atomic mass is 10.1. The van der Waals surface area contributed by atoms with Crippen molar-refractivity contribution in [1.82, 2.24) is 9.55 Å². The van der Waals surface area contributed by atoms with Gasteiger partial charge in [0, 0.05) is 13.2 Å². The molecule has 1 heterocycles. The van der Waals surface area contributed by atoms with Crippen molar-refractivity contribution >= 4 is 23.2 Å². The van der Waals surface area contributed by atoms with Gasteiger partial charge in [-0.3, -0.25) is 0 Å². The summed E-state index contributed by atoms with van der Waals surface area (Å²) in [7, 11) is 1.89. The predicted molar refractivity (Wildman–Crippen MR) is 65.7 cm³/mol. The van der Waals surface area contributed by atoms with Crippen LogP contribution < -0.4 is 5.73 Å². The second-order valence-corrected chi connectivity index (χ2v) is 4.37. The topological polar surface area (TPSA) is 43.8 Å².